The third-order valence-corrected chi connectivity index (χ3v) is 5.73. The number of halogens is 5. The molecule has 10 heteroatoms. The minimum atomic E-state index is -4.72. The summed E-state index contributed by atoms with van der Waals surface area (Å²) in [6.45, 7) is 2.75. The van der Waals surface area contributed by atoms with Crippen LogP contribution in [0.1, 0.15) is 49.3 Å². The van der Waals surface area contributed by atoms with Crippen LogP contribution in [0.4, 0.5) is 26.7 Å². The van der Waals surface area contributed by atoms with Crippen molar-refractivity contribution in [1.29, 1.82) is 0 Å². The summed E-state index contributed by atoms with van der Waals surface area (Å²) in [6, 6.07) is 4.38. The molecule has 1 aromatic heterocycles. The molecule has 1 aliphatic rings. The average Bonchev–Trinajstić information content (AvgIpc) is 2.69. The Hall–Kier alpha value is -2.65. The molecule has 0 N–H and O–H groups in total. The highest BCUT2D eigenvalue weighted by Gasteiger charge is 2.38. The second-order valence-corrected chi connectivity index (χ2v) is 8.36. The van der Waals surface area contributed by atoms with E-state index in [1.165, 1.54) is 42.5 Å². The van der Waals surface area contributed by atoms with Gasteiger partial charge >= 0.3 is 12.3 Å². The van der Waals surface area contributed by atoms with Gasteiger partial charge in [0, 0.05) is 50.3 Å². The number of nitrogens with zero attached hydrogens (tertiary/aromatic N) is 2. The molecule has 1 aromatic carbocycles. The lowest BCUT2D eigenvalue weighted by atomic mass is 9.93. The molecule has 2 aromatic rings. The summed E-state index contributed by atoms with van der Waals surface area (Å²) in [5.74, 6) is -3.41. The molecule has 0 atom stereocenters. The Morgan fingerprint density at radius 3 is 2.38 bits per heavy atom. The van der Waals surface area contributed by atoms with Gasteiger partial charge < -0.3 is 14.2 Å². The predicted molar refractivity (Wildman–Crippen MR) is 109 cm³/mol. The first-order valence-electron chi connectivity index (χ1n) is 10.3. The number of piperidine rings is 1. The number of aromatic nitrogens is 1. The zero-order valence-corrected chi connectivity index (χ0v) is 18.1. The zero-order valence-electron chi connectivity index (χ0n) is 18.1. The number of aryl methyl sites for hydroxylation is 1. The minimum Gasteiger partial charge on any atom is -0.449 e. The van der Waals surface area contributed by atoms with E-state index in [0.29, 0.717) is 5.56 Å². The highest BCUT2D eigenvalue weighted by molar-refractivity contribution is 5.85. The van der Waals surface area contributed by atoms with Crippen LogP contribution in [0.15, 0.2) is 23.0 Å². The highest BCUT2D eigenvalue weighted by Crippen LogP contribution is 2.38. The van der Waals surface area contributed by atoms with Gasteiger partial charge in [-0.1, -0.05) is 19.9 Å². The smallest absolute Gasteiger partial charge is 0.417 e. The third-order valence-electron chi connectivity index (χ3n) is 5.73. The average molecular weight is 460 g/mol. The molecule has 32 heavy (non-hydrogen) atoms. The van der Waals surface area contributed by atoms with Gasteiger partial charge in [-0.2, -0.15) is 13.2 Å². The van der Waals surface area contributed by atoms with Crippen LogP contribution in [0, 0.1) is 0 Å². The first-order chi connectivity index (χ1) is 14.8. The zero-order chi connectivity index (χ0) is 23.8. The number of rotatable bonds is 4. The maximum absolute atomic E-state index is 13.9. The molecule has 176 valence electrons. The number of carbonyl (C=O) groups excluding carboxylic acids is 1. The molecular formula is C22H25F5N2O3. The number of pyridine rings is 1. The molecule has 0 bridgehead atoms. The topological polar surface area (TPSA) is 51.5 Å². The van der Waals surface area contributed by atoms with Gasteiger partial charge in [0.1, 0.15) is 0 Å². The van der Waals surface area contributed by atoms with Gasteiger partial charge in [0.2, 0.25) is 0 Å². The fraction of sp³-hybridized carbons (Fsp3) is 0.545. The molecule has 0 aliphatic carbocycles. The Balaban J connectivity index is 1.83. The molecule has 0 radical (unpaired) electrons. The highest BCUT2D eigenvalue weighted by atomic mass is 19.4. The second kappa shape index (κ2) is 8.71. The van der Waals surface area contributed by atoms with Gasteiger partial charge in [-0.15, -0.1) is 0 Å². The summed E-state index contributed by atoms with van der Waals surface area (Å²) in [7, 11) is 1.43. The minimum absolute atomic E-state index is 0.0922. The van der Waals surface area contributed by atoms with Crippen LogP contribution in [0.3, 0.4) is 0 Å². The maximum atomic E-state index is 13.9. The number of hydrogen-bond donors (Lipinski definition) is 0. The van der Waals surface area contributed by atoms with E-state index in [2.05, 4.69) is 0 Å². The van der Waals surface area contributed by atoms with Crippen LogP contribution in [-0.4, -0.2) is 41.2 Å². The van der Waals surface area contributed by atoms with Crippen molar-refractivity contribution in [1.82, 2.24) is 9.47 Å². The molecule has 1 aliphatic heterocycles. The molecule has 0 spiro atoms. The van der Waals surface area contributed by atoms with Crippen LogP contribution in [0.25, 0.3) is 10.9 Å². The van der Waals surface area contributed by atoms with E-state index in [4.69, 9.17) is 4.74 Å². The van der Waals surface area contributed by atoms with E-state index in [-0.39, 0.29) is 42.6 Å². The van der Waals surface area contributed by atoms with Gasteiger partial charge in [0.25, 0.3) is 11.5 Å². The largest absolute Gasteiger partial charge is 0.449 e. The standard InChI is InChI=1S/C22H25F5N2O3/c1-13(2)17-18(22(25,26)27)15-12-14(4-5-16(15)28(3)19(17)30)6-11-32-20(31)29-9-7-21(23,24)8-10-29/h4-5,12-13H,6-11H2,1-3H3. The Morgan fingerprint density at radius 1 is 1.19 bits per heavy atom. The summed E-state index contributed by atoms with van der Waals surface area (Å²) in [6.07, 6.45) is -6.15. The van der Waals surface area contributed by atoms with E-state index in [0.717, 1.165) is 0 Å². The Bertz CT molecular complexity index is 1070. The number of likely N-dealkylation sites (tertiary alicyclic amines) is 1. The van der Waals surface area contributed by atoms with Crippen LogP contribution >= 0.6 is 0 Å². The van der Waals surface area contributed by atoms with Gasteiger partial charge in [0.15, 0.2) is 0 Å². The molecular weight excluding hydrogens is 435 g/mol. The molecule has 5 nitrogen and oxygen atoms in total. The van der Waals surface area contributed by atoms with E-state index in [1.54, 1.807) is 6.07 Å². The predicted octanol–water partition coefficient (Wildman–Crippen LogP) is 5.09. The summed E-state index contributed by atoms with van der Waals surface area (Å²) in [5.41, 5.74) is -1.28. The van der Waals surface area contributed by atoms with Gasteiger partial charge in [-0.05, 0) is 23.6 Å². The Kier molecular flexibility index (Phi) is 6.53. The van der Waals surface area contributed by atoms with Crippen molar-refractivity contribution in [2.75, 3.05) is 19.7 Å². The first kappa shape index (κ1) is 24.0. The quantitative estimate of drug-likeness (QED) is 0.598. The molecule has 1 fully saturated rings. The lowest BCUT2D eigenvalue weighted by Gasteiger charge is -2.30. The Labute approximate surface area is 181 Å². The SMILES string of the molecule is CC(C)c1c(C(F)(F)F)c2cc(CCOC(=O)N3CCC(F)(F)CC3)ccc2n(C)c1=O. The summed E-state index contributed by atoms with van der Waals surface area (Å²) in [4.78, 5) is 25.8. The van der Waals surface area contributed by atoms with Gasteiger partial charge in [-0.3, -0.25) is 4.79 Å². The first-order valence-corrected chi connectivity index (χ1v) is 10.3. The lowest BCUT2D eigenvalue weighted by Crippen LogP contribution is -2.43. The number of carbonyl (C=O) groups is 1. The number of benzene rings is 1. The number of fused-ring (bicyclic) bond motifs is 1. The molecule has 0 unspecified atom stereocenters. The van der Waals surface area contributed by atoms with Crippen molar-refractivity contribution >= 4 is 17.0 Å². The van der Waals surface area contributed by atoms with E-state index in [1.807, 2.05) is 0 Å². The van der Waals surface area contributed by atoms with Crippen molar-refractivity contribution < 1.29 is 31.5 Å². The molecule has 3 rings (SSSR count). The summed E-state index contributed by atoms with van der Waals surface area (Å²) >= 11 is 0. The number of hydrogen-bond acceptors (Lipinski definition) is 3. The van der Waals surface area contributed by atoms with E-state index >= 15 is 0 Å². The van der Waals surface area contributed by atoms with Crippen molar-refractivity contribution in [3.05, 3.63) is 45.2 Å². The summed E-state index contributed by atoms with van der Waals surface area (Å²) < 4.78 is 74.5. The van der Waals surface area contributed by atoms with Crippen molar-refractivity contribution in [2.24, 2.45) is 7.05 Å². The van der Waals surface area contributed by atoms with Crippen molar-refractivity contribution in [3.63, 3.8) is 0 Å². The second-order valence-electron chi connectivity index (χ2n) is 8.36. The third kappa shape index (κ3) is 4.88. The summed E-state index contributed by atoms with van der Waals surface area (Å²) in [5, 5.41) is -0.0922. The van der Waals surface area contributed by atoms with Crippen LogP contribution < -0.4 is 5.56 Å². The van der Waals surface area contributed by atoms with Crippen molar-refractivity contribution in [3.8, 4) is 0 Å². The van der Waals surface area contributed by atoms with Crippen LogP contribution in [0.2, 0.25) is 0 Å². The van der Waals surface area contributed by atoms with Crippen LogP contribution in [-0.2, 0) is 24.4 Å². The molecule has 0 saturated carbocycles. The van der Waals surface area contributed by atoms with Gasteiger partial charge in [-0.25, -0.2) is 13.6 Å². The molecule has 2 heterocycles. The Morgan fingerprint density at radius 2 is 1.81 bits per heavy atom. The number of ether oxygens (including phenoxy) is 1. The van der Waals surface area contributed by atoms with Crippen LogP contribution in [0.5, 0.6) is 0 Å². The number of amides is 1. The monoisotopic (exact) mass is 460 g/mol. The van der Waals surface area contributed by atoms with Gasteiger partial charge in [0.05, 0.1) is 17.7 Å². The normalized spacial score (nSPS) is 16.6. The fourth-order valence-electron chi connectivity index (χ4n) is 3.98. The van der Waals surface area contributed by atoms with E-state index < -0.39 is 48.1 Å². The maximum Gasteiger partial charge on any atom is 0.417 e. The lowest BCUT2D eigenvalue weighted by molar-refractivity contribution is -0.137. The van der Waals surface area contributed by atoms with Crippen molar-refractivity contribution in [2.45, 2.75) is 51.1 Å². The molecule has 1 saturated heterocycles. The number of alkyl halides is 5. The van der Waals surface area contributed by atoms with E-state index in [9.17, 15) is 31.5 Å². The fourth-order valence-corrected chi connectivity index (χ4v) is 3.98. The molecule has 1 amide bonds.